The molecular weight excluding hydrogens is 369 g/mol. The lowest BCUT2D eigenvalue weighted by atomic mass is 10.1. The number of hydrogen-bond donors (Lipinski definition) is 3. The number of allylic oxidation sites excluding steroid dienone is 1. The van der Waals surface area contributed by atoms with Crippen LogP contribution in [0.5, 0.6) is 0 Å². The third-order valence-corrected chi connectivity index (χ3v) is 4.14. The predicted molar refractivity (Wildman–Crippen MR) is 111 cm³/mol. The maximum atomic E-state index is 13.5. The van der Waals surface area contributed by atoms with Crippen LogP contribution in [-0.4, -0.2) is 25.0 Å². The van der Waals surface area contributed by atoms with Gasteiger partial charge in [-0.2, -0.15) is 10.5 Å². The number of hydrogen-bond acceptors (Lipinski definition) is 5. The maximum absolute atomic E-state index is 13.5. The van der Waals surface area contributed by atoms with Crippen LogP contribution in [-0.2, 0) is 11.2 Å². The van der Waals surface area contributed by atoms with Crippen molar-refractivity contribution in [2.24, 2.45) is 0 Å². The van der Waals surface area contributed by atoms with E-state index in [2.05, 4.69) is 28.6 Å². The SMILES string of the molecule is C=CC.N#Cc1ccc(CCNCC2Nc3c(C#N)cc(F)cc3NC2=O)cc1. The van der Waals surface area contributed by atoms with Crippen molar-refractivity contribution in [3.8, 4) is 12.1 Å². The van der Waals surface area contributed by atoms with Crippen molar-refractivity contribution in [1.29, 1.82) is 10.5 Å². The molecule has 3 N–H and O–H groups in total. The molecule has 2 aromatic rings. The summed E-state index contributed by atoms with van der Waals surface area (Å²) in [6.07, 6.45) is 2.51. The second-order valence-electron chi connectivity index (χ2n) is 6.34. The van der Waals surface area contributed by atoms with Crippen molar-refractivity contribution in [2.45, 2.75) is 19.4 Å². The summed E-state index contributed by atoms with van der Waals surface area (Å²) in [5.41, 5.74) is 2.58. The summed E-state index contributed by atoms with van der Waals surface area (Å²) in [6.45, 7) is 6.27. The Balaban J connectivity index is 0.000000941. The minimum Gasteiger partial charge on any atom is -0.370 e. The Labute approximate surface area is 169 Å². The summed E-state index contributed by atoms with van der Waals surface area (Å²) in [5, 5.41) is 26.8. The number of nitriles is 2. The minimum atomic E-state index is -0.568. The smallest absolute Gasteiger partial charge is 0.248 e. The predicted octanol–water partition coefficient (Wildman–Crippen LogP) is 3.33. The highest BCUT2D eigenvalue weighted by Gasteiger charge is 2.27. The molecule has 0 fully saturated rings. The van der Waals surface area contributed by atoms with Gasteiger partial charge in [0.25, 0.3) is 0 Å². The fraction of sp³-hybridized carbons (Fsp3) is 0.227. The molecule has 0 radical (unpaired) electrons. The summed E-state index contributed by atoms with van der Waals surface area (Å²) >= 11 is 0. The molecule has 0 aliphatic carbocycles. The van der Waals surface area contributed by atoms with Crippen molar-refractivity contribution in [2.75, 3.05) is 23.7 Å². The lowest BCUT2D eigenvalue weighted by molar-refractivity contribution is -0.117. The first-order valence-electron chi connectivity index (χ1n) is 9.10. The monoisotopic (exact) mass is 391 g/mol. The third kappa shape index (κ3) is 5.90. The second-order valence-corrected chi connectivity index (χ2v) is 6.34. The molecule has 0 saturated heterocycles. The van der Waals surface area contributed by atoms with Crippen molar-refractivity contribution in [3.05, 3.63) is 71.6 Å². The van der Waals surface area contributed by atoms with Crippen molar-refractivity contribution in [1.82, 2.24) is 5.32 Å². The van der Waals surface area contributed by atoms with Crippen LogP contribution in [0.15, 0.2) is 49.1 Å². The van der Waals surface area contributed by atoms with Crippen LogP contribution >= 0.6 is 0 Å². The Hall–Kier alpha value is -3.68. The highest BCUT2D eigenvalue weighted by Crippen LogP contribution is 2.31. The van der Waals surface area contributed by atoms with Crippen LogP contribution in [0.25, 0.3) is 0 Å². The van der Waals surface area contributed by atoms with E-state index >= 15 is 0 Å². The van der Waals surface area contributed by atoms with Crippen LogP contribution in [0.2, 0.25) is 0 Å². The Morgan fingerprint density at radius 2 is 1.93 bits per heavy atom. The van der Waals surface area contributed by atoms with Crippen molar-refractivity contribution < 1.29 is 9.18 Å². The van der Waals surface area contributed by atoms with E-state index in [1.54, 1.807) is 18.2 Å². The van der Waals surface area contributed by atoms with Gasteiger partial charge in [0.2, 0.25) is 5.91 Å². The van der Waals surface area contributed by atoms with Gasteiger partial charge < -0.3 is 16.0 Å². The molecular formula is C22H22FN5O. The largest absolute Gasteiger partial charge is 0.370 e. The Kier molecular flexibility index (Phi) is 7.90. The molecule has 148 valence electrons. The molecule has 3 rings (SSSR count). The Bertz CT molecular complexity index is 957. The zero-order valence-corrected chi connectivity index (χ0v) is 16.1. The number of halogens is 1. The molecule has 1 unspecified atom stereocenters. The number of benzene rings is 2. The summed E-state index contributed by atoms with van der Waals surface area (Å²) in [4.78, 5) is 12.2. The summed E-state index contributed by atoms with van der Waals surface area (Å²) in [5.74, 6) is -0.848. The van der Waals surface area contributed by atoms with E-state index in [-0.39, 0.29) is 17.2 Å². The zero-order chi connectivity index (χ0) is 21.2. The molecule has 1 aliphatic rings. The summed E-state index contributed by atoms with van der Waals surface area (Å²) in [7, 11) is 0. The lowest BCUT2D eigenvalue weighted by Gasteiger charge is -2.27. The number of nitrogens with zero attached hydrogens (tertiary/aromatic N) is 2. The number of nitrogens with one attached hydrogen (secondary N) is 3. The van der Waals surface area contributed by atoms with E-state index in [1.165, 1.54) is 6.07 Å². The van der Waals surface area contributed by atoms with Gasteiger partial charge in [-0.25, -0.2) is 4.39 Å². The van der Waals surface area contributed by atoms with Crippen LogP contribution in [0.1, 0.15) is 23.6 Å². The number of amides is 1. The highest BCUT2D eigenvalue weighted by atomic mass is 19.1. The number of rotatable bonds is 5. The highest BCUT2D eigenvalue weighted by molar-refractivity contribution is 6.04. The third-order valence-electron chi connectivity index (χ3n) is 4.14. The van der Waals surface area contributed by atoms with Gasteiger partial charge in [-0.05, 0) is 49.7 Å². The molecule has 29 heavy (non-hydrogen) atoms. The topological polar surface area (TPSA) is 101 Å². The first-order chi connectivity index (χ1) is 14.0. The minimum absolute atomic E-state index is 0.155. The van der Waals surface area contributed by atoms with Gasteiger partial charge in [0.1, 0.15) is 17.9 Å². The van der Waals surface area contributed by atoms with Gasteiger partial charge >= 0.3 is 0 Å². The van der Waals surface area contributed by atoms with Gasteiger partial charge in [-0.15, -0.1) is 6.58 Å². The normalized spacial score (nSPS) is 14.1. The number of anilines is 2. The Morgan fingerprint density at radius 1 is 1.24 bits per heavy atom. The standard InChI is InChI=1S/C19H16FN5O.C3H6/c20-15-7-14(10-22)18-16(8-15)25-19(26)17(24-18)11-23-6-5-12-1-3-13(9-21)4-2-12;1-3-2/h1-4,7-8,17,23-24H,5-6,11H2,(H,25,26);3H,1H2,2H3. The summed E-state index contributed by atoms with van der Waals surface area (Å²) < 4.78 is 13.5. The van der Waals surface area contributed by atoms with Gasteiger partial charge in [-0.1, -0.05) is 18.2 Å². The van der Waals surface area contributed by atoms with E-state index < -0.39 is 11.9 Å². The molecule has 0 saturated carbocycles. The first kappa shape index (κ1) is 21.6. The summed E-state index contributed by atoms with van der Waals surface area (Å²) in [6, 6.07) is 13.1. The van der Waals surface area contributed by atoms with Gasteiger partial charge in [0, 0.05) is 6.54 Å². The molecule has 1 heterocycles. The molecule has 1 aliphatic heterocycles. The van der Waals surface area contributed by atoms with E-state index in [1.807, 2.05) is 25.1 Å². The first-order valence-corrected chi connectivity index (χ1v) is 9.10. The van der Waals surface area contributed by atoms with E-state index in [4.69, 9.17) is 10.5 Å². The number of carbonyl (C=O) groups excluding carboxylic acids is 1. The molecule has 1 amide bonds. The van der Waals surface area contributed by atoms with E-state index in [0.29, 0.717) is 24.3 Å². The quantitative estimate of drug-likeness (QED) is 0.536. The fourth-order valence-corrected chi connectivity index (χ4v) is 2.78. The molecule has 0 aromatic heterocycles. The van der Waals surface area contributed by atoms with Crippen LogP contribution < -0.4 is 16.0 Å². The number of carbonyl (C=O) groups is 1. The van der Waals surface area contributed by atoms with Crippen molar-refractivity contribution >= 4 is 17.3 Å². The molecule has 2 aromatic carbocycles. The maximum Gasteiger partial charge on any atom is 0.248 e. The molecule has 0 spiro atoms. The molecule has 1 atom stereocenters. The van der Waals surface area contributed by atoms with Crippen LogP contribution in [0.3, 0.4) is 0 Å². The van der Waals surface area contributed by atoms with Crippen LogP contribution in [0, 0.1) is 28.5 Å². The number of fused-ring (bicyclic) bond motifs is 1. The lowest BCUT2D eigenvalue weighted by Crippen LogP contribution is -2.46. The average Bonchev–Trinajstić information content (AvgIpc) is 2.72. The Morgan fingerprint density at radius 3 is 2.55 bits per heavy atom. The fourth-order valence-electron chi connectivity index (χ4n) is 2.78. The van der Waals surface area contributed by atoms with E-state index in [0.717, 1.165) is 18.1 Å². The van der Waals surface area contributed by atoms with Gasteiger partial charge in [0.05, 0.1) is 28.6 Å². The molecule has 0 bridgehead atoms. The van der Waals surface area contributed by atoms with Crippen molar-refractivity contribution in [3.63, 3.8) is 0 Å². The second kappa shape index (κ2) is 10.6. The van der Waals surface area contributed by atoms with Gasteiger partial charge in [-0.3, -0.25) is 4.79 Å². The van der Waals surface area contributed by atoms with Gasteiger partial charge in [0.15, 0.2) is 0 Å². The molecule has 6 nitrogen and oxygen atoms in total. The van der Waals surface area contributed by atoms with Crippen LogP contribution in [0.4, 0.5) is 15.8 Å². The van der Waals surface area contributed by atoms with E-state index in [9.17, 15) is 9.18 Å². The molecule has 7 heteroatoms. The average molecular weight is 391 g/mol. The zero-order valence-electron chi connectivity index (χ0n) is 16.1.